The van der Waals surface area contributed by atoms with Gasteiger partial charge in [0.15, 0.2) is 9.84 Å². The number of fused-ring (bicyclic) bond motifs is 1. The smallest absolute Gasteiger partial charge is 0.151 e. The molecule has 0 saturated carbocycles. The van der Waals surface area contributed by atoms with Gasteiger partial charge in [-0.3, -0.25) is 0 Å². The molecular formula is C16H21NO3S. The molecule has 21 heavy (non-hydrogen) atoms. The largest absolute Gasteiger partial charge is 0.387 e. The maximum absolute atomic E-state index is 11.4. The standard InChI is InChI=1S/C16H21NO3S/c1-2-21(19,20)10-9-17-12-16(18)15-8-7-13-5-3-4-6-14(13)11-15/h3-8,11,16-18H,2,9-10,12H2,1H3. The van der Waals surface area contributed by atoms with Gasteiger partial charge < -0.3 is 10.4 Å². The average molecular weight is 307 g/mol. The minimum atomic E-state index is -2.96. The Morgan fingerprint density at radius 2 is 1.86 bits per heavy atom. The van der Waals surface area contributed by atoms with Crippen LogP contribution in [0.25, 0.3) is 10.8 Å². The zero-order valence-corrected chi connectivity index (χ0v) is 12.9. The molecule has 114 valence electrons. The fraction of sp³-hybridized carbons (Fsp3) is 0.375. The number of rotatable bonds is 7. The highest BCUT2D eigenvalue weighted by Crippen LogP contribution is 2.19. The molecule has 0 bridgehead atoms. The van der Waals surface area contributed by atoms with Gasteiger partial charge in [0.25, 0.3) is 0 Å². The lowest BCUT2D eigenvalue weighted by Crippen LogP contribution is -2.27. The van der Waals surface area contributed by atoms with E-state index >= 15 is 0 Å². The predicted molar refractivity (Wildman–Crippen MR) is 86.1 cm³/mol. The van der Waals surface area contributed by atoms with E-state index in [-0.39, 0.29) is 11.5 Å². The summed E-state index contributed by atoms with van der Waals surface area (Å²) in [5.41, 5.74) is 0.833. The van der Waals surface area contributed by atoms with Crippen LogP contribution in [0.1, 0.15) is 18.6 Å². The van der Waals surface area contributed by atoms with Gasteiger partial charge in [0.05, 0.1) is 11.9 Å². The quantitative estimate of drug-likeness (QED) is 0.767. The van der Waals surface area contributed by atoms with Crippen LogP contribution in [0.4, 0.5) is 0 Å². The molecule has 0 heterocycles. The van der Waals surface area contributed by atoms with Gasteiger partial charge in [-0.2, -0.15) is 0 Å². The number of benzene rings is 2. The fourth-order valence-electron chi connectivity index (χ4n) is 2.14. The van der Waals surface area contributed by atoms with Crippen LogP contribution in [0.5, 0.6) is 0 Å². The summed E-state index contributed by atoms with van der Waals surface area (Å²) in [5.74, 6) is 0.260. The average Bonchev–Trinajstić information content (AvgIpc) is 2.51. The predicted octanol–water partition coefficient (Wildman–Crippen LogP) is 1.90. The molecule has 1 atom stereocenters. The molecule has 2 N–H and O–H groups in total. The Bertz CT molecular complexity index is 697. The van der Waals surface area contributed by atoms with Crippen LogP contribution in [-0.4, -0.2) is 38.1 Å². The molecule has 0 saturated heterocycles. The van der Waals surface area contributed by atoms with Crippen molar-refractivity contribution in [1.82, 2.24) is 5.32 Å². The van der Waals surface area contributed by atoms with Crippen LogP contribution < -0.4 is 5.32 Å². The Morgan fingerprint density at radius 1 is 1.14 bits per heavy atom. The SMILES string of the molecule is CCS(=O)(=O)CCNCC(O)c1ccc2ccccc2c1. The summed E-state index contributed by atoms with van der Waals surface area (Å²) < 4.78 is 22.7. The highest BCUT2D eigenvalue weighted by atomic mass is 32.2. The Balaban J connectivity index is 1.91. The molecule has 0 aliphatic carbocycles. The second-order valence-corrected chi connectivity index (χ2v) is 7.54. The molecule has 0 aliphatic heterocycles. The number of sulfone groups is 1. The van der Waals surface area contributed by atoms with Gasteiger partial charge in [-0.15, -0.1) is 0 Å². The van der Waals surface area contributed by atoms with Gasteiger partial charge in [-0.1, -0.05) is 43.3 Å². The van der Waals surface area contributed by atoms with Crippen molar-refractivity contribution >= 4 is 20.6 Å². The van der Waals surface area contributed by atoms with Gasteiger partial charge in [-0.25, -0.2) is 8.42 Å². The van der Waals surface area contributed by atoms with Crippen LogP contribution in [0.3, 0.4) is 0 Å². The van der Waals surface area contributed by atoms with Crippen molar-refractivity contribution in [2.75, 3.05) is 24.6 Å². The van der Waals surface area contributed by atoms with Crippen molar-refractivity contribution in [3.8, 4) is 0 Å². The van der Waals surface area contributed by atoms with E-state index in [4.69, 9.17) is 0 Å². The minimum Gasteiger partial charge on any atom is -0.387 e. The molecule has 2 aromatic carbocycles. The van der Waals surface area contributed by atoms with Crippen LogP contribution in [0.15, 0.2) is 42.5 Å². The van der Waals surface area contributed by atoms with Gasteiger partial charge in [-0.05, 0) is 22.4 Å². The molecule has 0 radical (unpaired) electrons. The van der Waals surface area contributed by atoms with E-state index in [9.17, 15) is 13.5 Å². The molecule has 2 aromatic rings. The Morgan fingerprint density at radius 3 is 2.57 bits per heavy atom. The van der Waals surface area contributed by atoms with Crippen molar-refractivity contribution in [2.24, 2.45) is 0 Å². The first-order valence-electron chi connectivity index (χ1n) is 7.10. The van der Waals surface area contributed by atoms with E-state index in [1.807, 2.05) is 42.5 Å². The summed E-state index contributed by atoms with van der Waals surface area (Å²) in [6.07, 6.45) is -0.640. The molecule has 0 amide bonds. The Labute approximate surface area is 125 Å². The van der Waals surface area contributed by atoms with Gasteiger partial charge in [0, 0.05) is 18.8 Å². The monoisotopic (exact) mass is 307 g/mol. The Kier molecular flexibility index (Phi) is 5.33. The lowest BCUT2D eigenvalue weighted by Gasteiger charge is -2.13. The molecule has 4 nitrogen and oxygen atoms in total. The van der Waals surface area contributed by atoms with E-state index < -0.39 is 15.9 Å². The number of aliphatic hydroxyl groups is 1. The molecule has 5 heteroatoms. The first-order chi connectivity index (χ1) is 10.0. The molecule has 2 rings (SSSR count). The van der Waals surface area contributed by atoms with Crippen LogP contribution in [0.2, 0.25) is 0 Å². The maximum Gasteiger partial charge on any atom is 0.151 e. The van der Waals surface area contributed by atoms with Crippen molar-refractivity contribution in [3.63, 3.8) is 0 Å². The van der Waals surface area contributed by atoms with E-state index in [0.29, 0.717) is 13.1 Å². The number of hydrogen-bond acceptors (Lipinski definition) is 4. The van der Waals surface area contributed by atoms with Crippen molar-refractivity contribution in [3.05, 3.63) is 48.0 Å². The van der Waals surface area contributed by atoms with Crippen molar-refractivity contribution < 1.29 is 13.5 Å². The summed E-state index contributed by atoms with van der Waals surface area (Å²) >= 11 is 0. The highest BCUT2D eigenvalue weighted by molar-refractivity contribution is 7.91. The van der Waals surface area contributed by atoms with Gasteiger partial charge in [0.1, 0.15) is 0 Å². The van der Waals surface area contributed by atoms with Gasteiger partial charge in [0.2, 0.25) is 0 Å². The molecule has 0 aliphatic rings. The number of aliphatic hydroxyl groups excluding tert-OH is 1. The molecule has 1 unspecified atom stereocenters. The lowest BCUT2D eigenvalue weighted by atomic mass is 10.0. The van der Waals surface area contributed by atoms with Crippen LogP contribution in [-0.2, 0) is 9.84 Å². The minimum absolute atomic E-state index is 0.105. The zero-order chi connectivity index (χ0) is 15.3. The zero-order valence-electron chi connectivity index (χ0n) is 12.1. The third kappa shape index (κ3) is 4.52. The van der Waals surface area contributed by atoms with E-state index in [2.05, 4.69) is 5.32 Å². The second-order valence-electron chi connectivity index (χ2n) is 5.06. The summed E-state index contributed by atoms with van der Waals surface area (Å²) in [4.78, 5) is 0. The number of hydrogen-bond donors (Lipinski definition) is 2. The molecular weight excluding hydrogens is 286 g/mol. The van der Waals surface area contributed by atoms with Gasteiger partial charge >= 0.3 is 0 Å². The van der Waals surface area contributed by atoms with E-state index in [0.717, 1.165) is 16.3 Å². The topological polar surface area (TPSA) is 66.4 Å². The maximum atomic E-state index is 11.4. The summed E-state index contributed by atoms with van der Waals surface area (Å²) in [6.45, 7) is 2.34. The summed E-state index contributed by atoms with van der Waals surface area (Å²) in [5, 5.41) is 15.4. The van der Waals surface area contributed by atoms with Crippen LogP contribution in [0, 0.1) is 0 Å². The third-order valence-corrected chi connectivity index (χ3v) is 5.23. The first-order valence-corrected chi connectivity index (χ1v) is 8.92. The molecule has 0 fully saturated rings. The normalized spacial score (nSPS) is 13.4. The van der Waals surface area contributed by atoms with E-state index in [1.54, 1.807) is 6.92 Å². The fourth-order valence-corrected chi connectivity index (χ4v) is 2.89. The molecule has 0 aromatic heterocycles. The molecule has 0 spiro atoms. The van der Waals surface area contributed by atoms with Crippen LogP contribution >= 0.6 is 0 Å². The third-order valence-electron chi connectivity index (χ3n) is 3.53. The second kappa shape index (κ2) is 7.02. The Hall–Kier alpha value is -1.43. The highest BCUT2D eigenvalue weighted by Gasteiger charge is 2.10. The van der Waals surface area contributed by atoms with E-state index in [1.165, 1.54) is 0 Å². The summed E-state index contributed by atoms with van der Waals surface area (Å²) in [7, 11) is -2.96. The first kappa shape index (κ1) is 15.9. The summed E-state index contributed by atoms with van der Waals surface area (Å²) in [6, 6.07) is 13.8. The van der Waals surface area contributed by atoms with Crippen molar-refractivity contribution in [1.29, 1.82) is 0 Å². The van der Waals surface area contributed by atoms with Crippen molar-refractivity contribution in [2.45, 2.75) is 13.0 Å². The number of nitrogens with one attached hydrogen (secondary N) is 1. The lowest BCUT2D eigenvalue weighted by molar-refractivity contribution is 0.176.